The summed E-state index contributed by atoms with van der Waals surface area (Å²) in [7, 11) is 0. The molecule has 0 aliphatic carbocycles. The molecule has 0 aliphatic rings. The van der Waals surface area contributed by atoms with Crippen molar-refractivity contribution in [2.24, 2.45) is 0 Å². The van der Waals surface area contributed by atoms with Gasteiger partial charge in [-0.2, -0.15) is 0 Å². The Balaban J connectivity index is 2.37. The third-order valence-electron chi connectivity index (χ3n) is 2.41. The average molecular weight is 200 g/mol. The van der Waals surface area contributed by atoms with Crippen LogP contribution in [0.2, 0.25) is 0 Å². The zero-order valence-corrected chi connectivity index (χ0v) is 9.44. The van der Waals surface area contributed by atoms with Crippen molar-refractivity contribution in [3.05, 3.63) is 48.5 Å². The zero-order chi connectivity index (χ0) is 10.9. The van der Waals surface area contributed by atoms with Gasteiger partial charge in [-0.3, -0.25) is 0 Å². The first-order chi connectivity index (χ1) is 7.07. The van der Waals surface area contributed by atoms with E-state index in [2.05, 4.69) is 48.7 Å². The molecule has 0 saturated heterocycles. The Labute approximate surface area is 90.6 Å². The maximum absolute atomic E-state index is 4.43. The molecule has 1 heterocycles. The number of hydrogen-bond acceptors (Lipinski definition) is 1. The molecule has 0 N–H and O–H groups in total. The number of rotatable bonds is 1. The van der Waals surface area contributed by atoms with Crippen LogP contribution in [0.5, 0.6) is 0 Å². The highest BCUT2D eigenvalue weighted by Crippen LogP contribution is 2.20. The molecule has 1 aromatic carbocycles. The molecule has 0 spiro atoms. The van der Waals surface area contributed by atoms with Crippen molar-refractivity contribution < 1.29 is 0 Å². The number of nitrogens with zero attached hydrogens (tertiary/aromatic N) is 2. The van der Waals surface area contributed by atoms with E-state index in [1.807, 2.05) is 24.5 Å². The van der Waals surface area contributed by atoms with Crippen LogP contribution >= 0.6 is 0 Å². The van der Waals surface area contributed by atoms with Gasteiger partial charge in [0.1, 0.15) is 0 Å². The smallest absolute Gasteiger partial charge is 0.0995 e. The third kappa shape index (κ3) is 2.09. The fourth-order valence-electron chi connectivity index (χ4n) is 1.45. The highest BCUT2D eigenvalue weighted by atomic mass is 15.0. The zero-order valence-electron chi connectivity index (χ0n) is 9.44. The average Bonchev–Trinajstić information content (AvgIpc) is 2.67. The van der Waals surface area contributed by atoms with Crippen LogP contribution in [0.25, 0.3) is 5.69 Å². The van der Waals surface area contributed by atoms with Gasteiger partial charge in [0.25, 0.3) is 0 Å². The standard InChI is InChI=1S/C13H16N2/c1-13(2,3)12-9-15(10-14-12)11-7-5-4-6-8-11/h4-10H,1-3H3. The highest BCUT2D eigenvalue weighted by molar-refractivity contribution is 5.32. The molecule has 15 heavy (non-hydrogen) atoms. The second kappa shape index (κ2) is 3.54. The summed E-state index contributed by atoms with van der Waals surface area (Å²) in [5.74, 6) is 0. The molecule has 78 valence electrons. The van der Waals surface area contributed by atoms with E-state index in [-0.39, 0.29) is 5.41 Å². The molecule has 2 heteroatoms. The van der Waals surface area contributed by atoms with Crippen molar-refractivity contribution in [2.75, 3.05) is 0 Å². The predicted octanol–water partition coefficient (Wildman–Crippen LogP) is 3.17. The number of benzene rings is 1. The normalized spacial score (nSPS) is 11.7. The van der Waals surface area contributed by atoms with Gasteiger partial charge in [-0.25, -0.2) is 4.98 Å². The van der Waals surface area contributed by atoms with Crippen molar-refractivity contribution in [3.63, 3.8) is 0 Å². The number of aromatic nitrogens is 2. The van der Waals surface area contributed by atoms with Crippen molar-refractivity contribution >= 4 is 0 Å². The van der Waals surface area contributed by atoms with Gasteiger partial charge >= 0.3 is 0 Å². The molecular formula is C13H16N2. The highest BCUT2D eigenvalue weighted by Gasteiger charge is 2.16. The van der Waals surface area contributed by atoms with Crippen LogP contribution in [0.3, 0.4) is 0 Å². The summed E-state index contributed by atoms with van der Waals surface area (Å²) in [4.78, 5) is 4.43. The van der Waals surface area contributed by atoms with E-state index in [9.17, 15) is 0 Å². The van der Waals surface area contributed by atoms with E-state index in [4.69, 9.17) is 0 Å². The molecule has 0 aliphatic heterocycles. The largest absolute Gasteiger partial charge is 0.306 e. The lowest BCUT2D eigenvalue weighted by Crippen LogP contribution is -2.11. The maximum atomic E-state index is 4.43. The number of para-hydroxylation sites is 1. The van der Waals surface area contributed by atoms with E-state index in [0.717, 1.165) is 11.4 Å². The molecule has 2 nitrogen and oxygen atoms in total. The van der Waals surface area contributed by atoms with Crippen molar-refractivity contribution in [1.29, 1.82) is 0 Å². The van der Waals surface area contributed by atoms with Crippen molar-refractivity contribution in [1.82, 2.24) is 9.55 Å². The molecule has 0 bridgehead atoms. The molecule has 0 saturated carbocycles. The van der Waals surface area contributed by atoms with Gasteiger partial charge < -0.3 is 4.57 Å². The van der Waals surface area contributed by atoms with Crippen LogP contribution in [0, 0.1) is 0 Å². The summed E-state index contributed by atoms with van der Waals surface area (Å²) in [6, 6.07) is 10.2. The Morgan fingerprint density at radius 3 is 2.27 bits per heavy atom. The van der Waals surface area contributed by atoms with Crippen LogP contribution in [0.1, 0.15) is 26.5 Å². The van der Waals surface area contributed by atoms with Gasteiger partial charge in [-0.15, -0.1) is 0 Å². The van der Waals surface area contributed by atoms with Gasteiger partial charge in [0.2, 0.25) is 0 Å². The maximum Gasteiger partial charge on any atom is 0.0995 e. The van der Waals surface area contributed by atoms with Gasteiger partial charge in [-0.1, -0.05) is 39.0 Å². The molecule has 2 rings (SSSR count). The van der Waals surface area contributed by atoms with Gasteiger partial charge in [-0.05, 0) is 12.1 Å². The fraction of sp³-hybridized carbons (Fsp3) is 0.308. The van der Waals surface area contributed by atoms with Gasteiger partial charge in [0.05, 0.1) is 12.0 Å². The second-order valence-electron chi connectivity index (χ2n) is 4.75. The van der Waals surface area contributed by atoms with Gasteiger partial charge in [0.15, 0.2) is 0 Å². The summed E-state index contributed by atoms with van der Waals surface area (Å²) in [5.41, 5.74) is 2.38. The molecule has 2 aromatic rings. The van der Waals surface area contributed by atoms with Crippen LogP contribution in [0.15, 0.2) is 42.9 Å². The van der Waals surface area contributed by atoms with Crippen LogP contribution in [-0.2, 0) is 5.41 Å². The minimum Gasteiger partial charge on any atom is -0.306 e. The van der Waals surface area contributed by atoms with E-state index < -0.39 is 0 Å². The van der Waals surface area contributed by atoms with E-state index >= 15 is 0 Å². The van der Waals surface area contributed by atoms with E-state index in [0.29, 0.717) is 0 Å². The fourth-order valence-corrected chi connectivity index (χ4v) is 1.45. The van der Waals surface area contributed by atoms with Crippen LogP contribution < -0.4 is 0 Å². The first-order valence-electron chi connectivity index (χ1n) is 5.17. The summed E-state index contributed by atoms with van der Waals surface area (Å²) in [6.45, 7) is 6.51. The second-order valence-corrected chi connectivity index (χ2v) is 4.75. The number of hydrogen-bond donors (Lipinski definition) is 0. The molecule has 0 atom stereocenters. The molecule has 1 aromatic heterocycles. The van der Waals surface area contributed by atoms with E-state index in [1.165, 1.54) is 0 Å². The van der Waals surface area contributed by atoms with E-state index in [1.54, 1.807) is 0 Å². The third-order valence-corrected chi connectivity index (χ3v) is 2.41. The molecule has 0 fully saturated rings. The SMILES string of the molecule is CC(C)(C)c1cn(-c2ccccc2)cn1. The summed E-state index contributed by atoms with van der Waals surface area (Å²) >= 11 is 0. The van der Waals surface area contributed by atoms with Crippen molar-refractivity contribution in [3.8, 4) is 5.69 Å². The quantitative estimate of drug-likeness (QED) is 0.691. The lowest BCUT2D eigenvalue weighted by Gasteiger charge is -2.14. The summed E-state index contributed by atoms with van der Waals surface area (Å²) in [6.07, 6.45) is 3.96. The molecule has 0 amide bonds. The molecule has 0 radical (unpaired) electrons. The minimum atomic E-state index is 0.111. The predicted molar refractivity (Wildman–Crippen MR) is 62.3 cm³/mol. The number of imidazole rings is 1. The Morgan fingerprint density at radius 2 is 1.73 bits per heavy atom. The Kier molecular flexibility index (Phi) is 2.35. The molecule has 0 unspecified atom stereocenters. The summed E-state index contributed by atoms with van der Waals surface area (Å²) in [5, 5.41) is 0. The Bertz CT molecular complexity index is 435. The monoisotopic (exact) mass is 200 g/mol. The Hall–Kier alpha value is -1.57. The lowest BCUT2D eigenvalue weighted by molar-refractivity contribution is 0.572. The van der Waals surface area contributed by atoms with Gasteiger partial charge in [0, 0.05) is 17.3 Å². The summed E-state index contributed by atoms with van der Waals surface area (Å²) < 4.78 is 2.06. The first kappa shape index (κ1) is 9.97. The Morgan fingerprint density at radius 1 is 1.07 bits per heavy atom. The van der Waals surface area contributed by atoms with Crippen LogP contribution in [-0.4, -0.2) is 9.55 Å². The minimum absolute atomic E-state index is 0.111. The lowest BCUT2D eigenvalue weighted by atomic mass is 9.93. The topological polar surface area (TPSA) is 17.8 Å². The van der Waals surface area contributed by atoms with Crippen LogP contribution in [0.4, 0.5) is 0 Å². The van der Waals surface area contributed by atoms with Crippen molar-refractivity contribution in [2.45, 2.75) is 26.2 Å². The molecular weight excluding hydrogens is 184 g/mol. The first-order valence-corrected chi connectivity index (χ1v) is 5.17.